The number of carbonyl (C=O) groups is 4. The summed E-state index contributed by atoms with van der Waals surface area (Å²) in [7, 11) is 0. The standard InChI is InChI=1S/C22H28N4O5/c1-22(2,3)17-12-24(8-9-25(17)21(30)31)14-4-5-15-13(10-14)11-26(20(15)29)16-6-7-18(27)23-19(16)28/h4-5,10,16-17H,6-9,11-12H2,1-3H3,(H,30,31)(H,23,27,28). The Kier molecular flexibility index (Phi) is 5.15. The molecular weight excluding hydrogens is 400 g/mol. The number of carboxylic acid groups (broad SMARTS) is 1. The molecule has 3 heterocycles. The highest BCUT2D eigenvalue weighted by Crippen LogP contribution is 2.33. The topological polar surface area (TPSA) is 110 Å². The second-order valence-corrected chi connectivity index (χ2v) is 9.55. The third-order valence-electron chi connectivity index (χ3n) is 6.50. The average molecular weight is 428 g/mol. The minimum Gasteiger partial charge on any atom is -0.465 e. The first-order valence-electron chi connectivity index (χ1n) is 10.6. The van der Waals surface area contributed by atoms with Gasteiger partial charge in [0.2, 0.25) is 11.8 Å². The summed E-state index contributed by atoms with van der Waals surface area (Å²) in [6.45, 7) is 7.99. The lowest BCUT2D eigenvalue weighted by molar-refractivity contribution is -0.136. The number of anilines is 1. The zero-order valence-corrected chi connectivity index (χ0v) is 18.1. The van der Waals surface area contributed by atoms with Gasteiger partial charge in [0.05, 0.1) is 6.04 Å². The van der Waals surface area contributed by atoms with Crippen molar-refractivity contribution in [3.8, 4) is 0 Å². The summed E-state index contributed by atoms with van der Waals surface area (Å²) in [5.74, 6) is -0.920. The molecule has 3 aliphatic heterocycles. The molecule has 0 bridgehead atoms. The van der Waals surface area contributed by atoms with E-state index >= 15 is 0 Å². The summed E-state index contributed by atoms with van der Waals surface area (Å²) in [6, 6.07) is 4.85. The van der Waals surface area contributed by atoms with Gasteiger partial charge in [-0.25, -0.2) is 4.79 Å². The third-order valence-corrected chi connectivity index (χ3v) is 6.50. The summed E-state index contributed by atoms with van der Waals surface area (Å²) in [5.41, 5.74) is 2.15. The predicted molar refractivity (Wildman–Crippen MR) is 113 cm³/mol. The largest absolute Gasteiger partial charge is 0.465 e. The number of nitrogens with zero attached hydrogens (tertiary/aromatic N) is 3. The first kappa shape index (κ1) is 21.1. The molecule has 0 radical (unpaired) electrons. The van der Waals surface area contributed by atoms with Crippen LogP contribution in [0.2, 0.25) is 0 Å². The van der Waals surface area contributed by atoms with Crippen LogP contribution in [0.3, 0.4) is 0 Å². The Hall–Kier alpha value is -3.10. The van der Waals surface area contributed by atoms with Gasteiger partial charge in [-0.1, -0.05) is 20.8 Å². The van der Waals surface area contributed by atoms with E-state index in [1.807, 2.05) is 32.9 Å². The summed E-state index contributed by atoms with van der Waals surface area (Å²) in [4.78, 5) is 53.5. The van der Waals surface area contributed by atoms with Gasteiger partial charge in [0.1, 0.15) is 6.04 Å². The van der Waals surface area contributed by atoms with Gasteiger partial charge in [-0.2, -0.15) is 0 Å². The lowest BCUT2D eigenvalue weighted by Crippen LogP contribution is -2.59. The molecule has 2 unspecified atom stereocenters. The molecule has 166 valence electrons. The third kappa shape index (κ3) is 3.84. The summed E-state index contributed by atoms with van der Waals surface area (Å²) in [6.07, 6.45) is -0.343. The van der Waals surface area contributed by atoms with E-state index < -0.39 is 18.0 Å². The van der Waals surface area contributed by atoms with Gasteiger partial charge >= 0.3 is 6.09 Å². The Morgan fingerprint density at radius 2 is 1.90 bits per heavy atom. The van der Waals surface area contributed by atoms with Gasteiger partial charge in [0, 0.05) is 43.9 Å². The number of carbonyl (C=O) groups excluding carboxylic acids is 3. The normalized spacial score (nSPS) is 24.4. The molecule has 4 rings (SSSR count). The second-order valence-electron chi connectivity index (χ2n) is 9.55. The first-order valence-corrected chi connectivity index (χ1v) is 10.6. The Labute approximate surface area is 181 Å². The van der Waals surface area contributed by atoms with E-state index in [1.54, 1.807) is 6.07 Å². The molecule has 2 atom stereocenters. The van der Waals surface area contributed by atoms with Crippen molar-refractivity contribution in [1.29, 1.82) is 0 Å². The van der Waals surface area contributed by atoms with Gasteiger partial charge in [-0.3, -0.25) is 19.7 Å². The number of piperazine rings is 1. The molecule has 0 aliphatic carbocycles. The maximum atomic E-state index is 12.9. The quantitative estimate of drug-likeness (QED) is 0.694. The SMILES string of the molecule is CC(C)(C)C1CN(c2ccc3c(c2)CN(C2CCC(=O)NC2=O)C3=O)CCN1C(=O)O. The highest BCUT2D eigenvalue weighted by atomic mass is 16.4. The minimum atomic E-state index is -0.904. The molecule has 9 nitrogen and oxygen atoms in total. The van der Waals surface area contributed by atoms with Crippen LogP contribution in [-0.4, -0.2) is 70.4 Å². The van der Waals surface area contributed by atoms with E-state index in [1.165, 1.54) is 9.80 Å². The Balaban J connectivity index is 1.54. The fourth-order valence-electron chi connectivity index (χ4n) is 4.75. The van der Waals surface area contributed by atoms with Crippen molar-refractivity contribution < 1.29 is 24.3 Å². The van der Waals surface area contributed by atoms with Crippen LogP contribution in [0.1, 0.15) is 49.5 Å². The molecule has 0 saturated carbocycles. The molecule has 31 heavy (non-hydrogen) atoms. The fraction of sp³-hybridized carbons (Fsp3) is 0.545. The average Bonchev–Trinajstić information content (AvgIpc) is 3.02. The smallest absolute Gasteiger partial charge is 0.407 e. The molecule has 0 aromatic heterocycles. The molecule has 2 fully saturated rings. The minimum absolute atomic E-state index is 0.159. The number of imide groups is 1. The van der Waals surface area contributed by atoms with Crippen molar-refractivity contribution in [1.82, 2.24) is 15.1 Å². The van der Waals surface area contributed by atoms with Crippen LogP contribution >= 0.6 is 0 Å². The number of amides is 4. The number of rotatable bonds is 2. The van der Waals surface area contributed by atoms with Gasteiger partial charge in [0.25, 0.3) is 5.91 Å². The summed E-state index contributed by atoms with van der Waals surface area (Å²) in [5, 5.41) is 11.9. The van der Waals surface area contributed by atoms with Crippen LogP contribution in [0.15, 0.2) is 18.2 Å². The highest BCUT2D eigenvalue weighted by molar-refractivity contribution is 6.05. The molecule has 1 aromatic rings. The molecule has 9 heteroatoms. The van der Waals surface area contributed by atoms with E-state index in [2.05, 4.69) is 10.2 Å². The van der Waals surface area contributed by atoms with Crippen molar-refractivity contribution >= 4 is 29.5 Å². The number of nitrogens with one attached hydrogen (secondary N) is 1. The number of benzene rings is 1. The zero-order chi connectivity index (χ0) is 22.5. The first-order chi connectivity index (χ1) is 14.6. The molecule has 3 aliphatic rings. The maximum Gasteiger partial charge on any atom is 0.407 e. The van der Waals surface area contributed by atoms with Crippen LogP contribution in [0.25, 0.3) is 0 Å². The molecular formula is C22H28N4O5. The number of piperidine rings is 1. The lowest BCUT2D eigenvalue weighted by Gasteiger charge is -2.46. The molecule has 1 aromatic carbocycles. The van der Waals surface area contributed by atoms with Crippen molar-refractivity contribution in [2.45, 2.75) is 52.2 Å². The number of hydrogen-bond donors (Lipinski definition) is 2. The summed E-state index contributed by atoms with van der Waals surface area (Å²) >= 11 is 0. The highest BCUT2D eigenvalue weighted by Gasteiger charge is 2.41. The Bertz CT molecular complexity index is 954. The van der Waals surface area contributed by atoms with Crippen LogP contribution in [0, 0.1) is 5.41 Å². The van der Waals surface area contributed by atoms with E-state index in [9.17, 15) is 24.3 Å². The monoisotopic (exact) mass is 428 g/mol. The van der Waals surface area contributed by atoms with Crippen molar-refractivity contribution in [2.24, 2.45) is 5.41 Å². The van der Waals surface area contributed by atoms with Gasteiger partial charge < -0.3 is 19.8 Å². The van der Waals surface area contributed by atoms with E-state index in [0.29, 0.717) is 38.2 Å². The maximum absolute atomic E-state index is 12.9. The van der Waals surface area contributed by atoms with Crippen molar-refractivity contribution in [2.75, 3.05) is 24.5 Å². The van der Waals surface area contributed by atoms with Gasteiger partial charge in [0.15, 0.2) is 0 Å². The van der Waals surface area contributed by atoms with Gasteiger partial charge in [-0.05, 0) is 35.6 Å². The number of fused-ring (bicyclic) bond motifs is 1. The fourth-order valence-corrected chi connectivity index (χ4v) is 4.75. The molecule has 2 N–H and O–H groups in total. The van der Waals surface area contributed by atoms with Crippen molar-refractivity contribution in [3.05, 3.63) is 29.3 Å². The van der Waals surface area contributed by atoms with Crippen LogP contribution in [0.4, 0.5) is 10.5 Å². The van der Waals surface area contributed by atoms with Crippen LogP contribution in [0.5, 0.6) is 0 Å². The Morgan fingerprint density at radius 1 is 1.16 bits per heavy atom. The lowest BCUT2D eigenvalue weighted by atomic mass is 9.84. The predicted octanol–water partition coefficient (Wildman–Crippen LogP) is 1.66. The van der Waals surface area contributed by atoms with Crippen molar-refractivity contribution in [3.63, 3.8) is 0 Å². The summed E-state index contributed by atoms with van der Waals surface area (Å²) < 4.78 is 0. The zero-order valence-electron chi connectivity index (χ0n) is 18.1. The molecule has 2 saturated heterocycles. The number of hydrogen-bond acceptors (Lipinski definition) is 5. The second kappa shape index (κ2) is 7.55. The van der Waals surface area contributed by atoms with Crippen LogP contribution < -0.4 is 10.2 Å². The van der Waals surface area contributed by atoms with Crippen LogP contribution in [-0.2, 0) is 16.1 Å². The van der Waals surface area contributed by atoms with Gasteiger partial charge in [-0.15, -0.1) is 0 Å². The van der Waals surface area contributed by atoms with E-state index in [4.69, 9.17) is 0 Å². The van der Waals surface area contributed by atoms with E-state index in [0.717, 1.165) is 11.3 Å². The molecule has 0 spiro atoms. The molecule has 4 amide bonds. The van der Waals surface area contributed by atoms with E-state index in [-0.39, 0.29) is 29.7 Å². The Morgan fingerprint density at radius 3 is 2.55 bits per heavy atom.